The summed E-state index contributed by atoms with van der Waals surface area (Å²) in [5.74, 6) is -2.00. The molecule has 0 aromatic heterocycles. The van der Waals surface area contributed by atoms with E-state index in [1.807, 2.05) is 26.0 Å². The molecule has 0 spiro atoms. The minimum Gasteiger partial charge on any atom is -0.395 e. The Hall–Kier alpha value is -1.89. The number of amides is 3. The first-order chi connectivity index (χ1) is 12.5. The molecule has 2 aliphatic rings. The van der Waals surface area contributed by atoms with Gasteiger partial charge >= 0.3 is 0 Å². The maximum atomic E-state index is 13.1. The van der Waals surface area contributed by atoms with E-state index in [9.17, 15) is 19.5 Å². The van der Waals surface area contributed by atoms with Gasteiger partial charge in [-0.1, -0.05) is 32.4 Å². The van der Waals surface area contributed by atoms with Gasteiger partial charge in [-0.15, -0.1) is 0 Å². The fourth-order valence-corrected chi connectivity index (χ4v) is 4.25. The fraction of sp³-hybridized carbons (Fsp3) is 0.737. The predicted molar refractivity (Wildman–Crippen MR) is 98.0 cm³/mol. The van der Waals surface area contributed by atoms with Crippen LogP contribution < -0.4 is 10.6 Å². The van der Waals surface area contributed by atoms with Crippen molar-refractivity contribution in [2.75, 3.05) is 26.7 Å². The number of hydrogen-bond donors (Lipinski definition) is 3. The molecule has 146 valence electrons. The first kappa shape index (κ1) is 20.4. The van der Waals surface area contributed by atoms with Crippen molar-refractivity contribution in [2.24, 2.45) is 23.7 Å². The van der Waals surface area contributed by atoms with Gasteiger partial charge in [0.05, 0.1) is 18.4 Å². The van der Waals surface area contributed by atoms with Crippen molar-refractivity contribution in [3.63, 3.8) is 0 Å². The largest absolute Gasteiger partial charge is 0.395 e. The van der Waals surface area contributed by atoms with Crippen molar-refractivity contribution in [2.45, 2.75) is 39.2 Å². The molecule has 0 aromatic rings. The fourth-order valence-electron chi connectivity index (χ4n) is 4.25. The van der Waals surface area contributed by atoms with Gasteiger partial charge in [0.1, 0.15) is 6.04 Å². The lowest BCUT2D eigenvalue weighted by atomic mass is 9.69. The summed E-state index contributed by atoms with van der Waals surface area (Å²) in [4.78, 5) is 39.8. The van der Waals surface area contributed by atoms with Gasteiger partial charge in [0.2, 0.25) is 17.7 Å². The van der Waals surface area contributed by atoms with Crippen molar-refractivity contribution >= 4 is 17.7 Å². The molecule has 1 heterocycles. The van der Waals surface area contributed by atoms with Gasteiger partial charge in [0.25, 0.3) is 0 Å². The van der Waals surface area contributed by atoms with Gasteiger partial charge in [-0.3, -0.25) is 14.4 Å². The highest BCUT2D eigenvalue weighted by molar-refractivity contribution is 5.96. The normalized spacial score (nSPS) is 30.2. The summed E-state index contributed by atoms with van der Waals surface area (Å²) in [7, 11) is 1.57. The van der Waals surface area contributed by atoms with Gasteiger partial charge in [0.15, 0.2) is 0 Å². The molecule has 1 aliphatic carbocycles. The third kappa shape index (κ3) is 3.77. The number of nitrogens with zero attached hydrogens (tertiary/aromatic N) is 1. The van der Waals surface area contributed by atoms with Crippen LogP contribution in [0.15, 0.2) is 12.2 Å². The Balaban J connectivity index is 2.35. The Morgan fingerprint density at radius 1 is 1.23 bits per heavy atom. The minimum atomic E-state index is -0.669. The van der Waals surface area contributed by atoms with Crippen LogP contribution >= 0.6 is 0 Å². The van der Waals surface area contributed by atoms with Gasteiger partial charge in [-0.05, 0) is 18.8 Å². The smallest absolute Gasteiger partial charge is 0.243 e. The summed E-state index contributed by atoms with van der Waals surface area (Å²) in [6.07, 6.45) is 6.49. The minimum absolute atomic E-state index is 0.0296. The van der Waals surface area contributed by atoms with E-state index in [2.05, 4.69) is 10.6 Å². The van der Waals surface area contributed by atoms with E-state index in [0.29, 0.717) is 6.54 Å². The number of carbonyl (C=O) groups is 3. The standard InChI is InChI=1S/C19H31N3O4/c1-4-6-9-21-18(25)16-13-8-7-12(5-2)14(17(24)20-3)15(13)19(26)22(16)10-11-23/h7-8,12-16,23H,4-6,9-11H2,1-3H3,(H,20,24)(H,21,25)/t12-,13+,14-,15+,16+/m1/s1. The molecule has 26 heavy (non-hydrogen) atoms. The van der Waals surface area contributed by atoms with Crippen molar-refractivity contribution in [1.29, 1.82) is 0 Å². The molecule has 2 rings (SSSR count). The molecule has 1 saturated heterocycles. The lowest BCUT2D eigenvalue weighted by Gasteiger charge is -2.33. The van der Waals surface area contributed by atoms with Crippen molar-refractivity contribution in [3.8, 4) is 0 Å². The average Bonchev–Trinajstić information content (AvgIpc) is 2.93. The van der Waals surface area contributed by atoms with Gasteiger partial charge in [0, 0.05) is 26.1 Å². The highest BCUT2D eigenvalue weighted by Crippen LogP contribution is 2.44. The molecule has 0 aromatic carbocycles. The monoisotopic (exact) mass is 365 g/mol. The number of carbonyl (C=O) groups excluding carboxylic acids is 3. The topological polar surface area (TPSA) is 98.7 Å². The molecule has 0 saturated carbocycles. The van der Waals surface area contributed by atoms with Gasteiger partial charge < -0.3 is 20.6 Å². The summed E-state index contributed by atoms with van der Waals surface area (Å²) in [5, 5.41) is 15.0. The van der Waals surface area contributed by atoms with Crippen LogP contribution in [-0.4, -0.2) is 60.5 Å². The molecule has 7 heteroatoms. The Kier molecular flexibility index (Phi) is 7.20. The van der Waals surface area contributed by atoms with Crippen LogP contribution in [0.2, 0.25) is 0 Å². The highest BCUT2D eigenvalue weighted by atomic mass is 16.3. The van der Waals surface area contributed by atoms with Crippen LogP contribution in [0.1, 0.15) is 33.1 Å². The van der Waals surface area contributed by atoms with Crippen LogP contribution in [0.4, 0.5) is 0 Å². The first-order valence-corrected chi connectivity index (χ1v) is 9.60. The van der Waals surface area contributed by atoms with Crippen LogP contribution in [0.25, 0.3) is 0 Å². The van der Waals surface area contributed by atoms with E-state index in [1.165, 1.54) is 4.90 Å². The van der Waals surface area contributed by atoms with Gasteiger partial charge in [-0.25, -0.2) is 0 Å². The summed E-state index contributed by atoms with van der Waals surface area (Å²) >= 11 is 0. The predicted octanol–water partition coefficient (Wildman–Crippen LogP) is 0.296. The SMILES string of the molecule is CCCCNC(=O)[C@@H]1[C@H]2C=C[C@@H](CC)[C@@H](C(=O)NC)[C@H]2C(=O)N1CCO. The van der Waals surface area contributed by atoms with E-state index in [4.69, 9.17) is 0 Å². The number of β-amino-alcohol motifs (C(OH)–C–C–N with tert-alkyl or cyclic N) is 1. The number of rotatable bonds is 8. The lowest BCUT2D eigenvalue weighted by molar-refractivity contribution is -0.141. The quantitative estimate of drug-likeness (QED) is 0.425. The number of aliphatic hydroxyl groups is 1. The van der Waals surface area contributed by atoms with Crippen molar-refractivity contribution < 1.29 is 19.5 Å². The lowest BCUT2D eigenvalue weighted by Crippen LogP contribution is -2.48. The van der Waals surface area contributed by atoms with E-state index >= 15 is 0 Å². The number of aliphatic hydroxyl groups excluding tert-OH is 1. The van der Waals surface area contributed by atoms with E-state index in [1.54, 1.807) is 7.05 Å². The Morgan fingerprint density at radius 3 is 2.54 bits per heavy atom. The Labute approximate surface area is 155 Å². The molecule has 0 unspecified atom stereocenters. The summed E-state index contributed by atoms with van der Waals surface area (Å²) in [6, 6.07) is -0.669. The maximum Gasteiger partial charge on any atom is 0.243 e. The van der Waals surface area contributed by atoms with Crippen LogP contribution in [-0.2, 0) is 14.4 Å². The van der Waals surface area contributed by atoms with Gasteiger partial charge in [-0.2, -0.15) is 0 Å². The van der Waals surface area contributed by atoms with Crippen molar-refractivity contribution in [1.82, 2.24) is 15.5 Å². The molecular formula is C19H31N3O4. The zero-order chi connectivity index (χ0) is 19.3. The van der Waals surface area contributed by atoms with E-state index < -0.39 is 17.9 Å². The number of allylic oxidation sites excluding steroid dienone is 1. The van der Waals surface area contributed by atoms with E-state index in [0.717, 1.165) is 19.3 Å². The molecule has 7 nitrogen and oxygen atoms in total. The molecule has 5 atom stereocenters. The first-order valence-electron chi connectivity index (χ1n) is 9.60. The zero-order valence-electron chi connectivity index (χ0n) is 15.9. The number of nitrogens with one attached hydrogen (secondary N) is 2. The molecule has 1 aliphatic heterocycles. The molecule has 1 fully saturated rings. The van der Waals surface area contributed by atoms with Crippen LogP contribution in [0.3, 0.4) is 0 Å². The summed E-state index contributed by atoms with van der Waals surface area (Å²) < 4.78 is 0. The zero-order valence-corrected chi connectivity index (χ0v) is 15.9. The second-order valence-electron chi connectivity index (χ2n) is 7.04. The molecule has 0 radical (unpaired) electrons. The maximum absolute atomic E-state index is 13.1. The Bertz CT molecular complexity index is 563. The third-order valence-corrected chi connectivity index (χ3v) is 5.57. The second kappa shape index (κ2) is 9.16. The van der Waals surface area contributed by atoms with Crippen molar-refractivity contribution in [3.05, 3.63) is 12.2 Å². The summed E-state index contributed by atoms with van der Waals surface area (Å²) in [5.41, 5.74) is 0. The van der Waals surface area contributed by atoms with E-state index in [-0.39, 0.29) is 42.7 Å². The summed E-state index contributed by atoms with van der Waals surface area (Å²) in [6.45, 7) is 4.48. The molecule has 3 amide bonds. The van der Waals surface area contributed by atoms with Crippen LogP contribution in [0, 0.1) is 23.7 Å². The Morgan fingerprint density at radius 2 is 1.96 bits per heavy atom. The molecular weight excluding hydrogens is 334 g/mol. The third-order valence-electron chi connectivity index (χ3n) is 5.57. The number of fused-ring (bicyclic) bond motifs is 1. The van der Waals surface area contributed by atoms with Crippen LogP contribution in [0.5, 0.6) is 0 Å². The number of hydrogen-bond acceptors (Lipinski definition) is 4. The highest BCUT2D eigenvalue weighted by Gasteiger charge is 2.56. The number of unbranched alkanes of at least 4 members (excludes halogenated alkanes) is 1. The number of likely N-dealkylation sites (tertiary alicyclic amines) is 1. The molecule has 0 bridgehead atoms. The second-order valence-corrected chi connectivity index (χ2v) is 7.04. The average molecular weight is 365 g/mol. The molecule has 3 N–H and O–H groups in total.